The molecule has 0 radical (unpaired) electrons. The molecule has 30 heavy (non-hydrogen) atoms. The van der Waals surface area contributed by atoms with Gasteiger partial charge in [0.05, 0.1) is 11.5 Å². The number of nitro groups is 1. The van der Waals surface area contributed by atoms with Crippen LogP contribution in [0.1, 0.15) is 56.9 Å². The second-order valence-electron chi connectivity index (χ2n) is 7.63. The molecule has 0 spiro atoms. The molecule has 1 heterocycles. The van der Waals surface area contributed by atoms with Crippen molar-refractivity contribution in [3.8, 4) is 5.75 Å². The Morgan fingerprint density at radius 3 is 2.50 bits per heavy atom. The van der Waals surface area contributed by atoms with Crippen molar-refractivity contribution in [3.63, 3.8) is 0 Å². The van der Waals surface area contributed by atoms with Crippen molar-refractivity contribution in [1.29, 1.82) is 0 Å². The van der Waals surface area contributed by atoms with E-state index >= 15 is 0 Å². The first-order valence-electron chi connectivity index (χ1n) is 10.2. The van der Waals surface area contributed by atoms with Crippen LogP contribution in [0.5, 0.6) is 5.75 Å². The van der Waals surface area contributed by atoms with E-state index in [0.29, 0.717) is 12.2 Å². The van der Waals surface area contributed by atoms with Crippen molar-refractivity contribution in [3.05, 3.63) is 39.4 Å². The fourth-order valence-electron chi connectivity index (χ4n) is 3.85. The zero-order valence-electron chi connectivity index (χ0n) is 16.6. The first-order chi connectivity index (χ1) is 14.4. The molecule has 1 aliphatic heterocycles. The van der Waals surface area contributed by atoms with Crippen LogP contribution in [0.15, 0.2) is 23.8 Å². The molecule has 2 fully saturated rings. The quantitative estimate of drug-likeness (QED) is 0.162. The fourth-order valence-corrected chi connectivity index (χ4v) is 4.04. The normalized spacial score (nSPS) is 17.3. The third-order valence-electron chi connectivity index (χ3n) is 5.42. The monoisotopic (exact) mass is 431 g/mol. The molecule has 0 unspecified atom stereocenters. The van der Waals surface area contributed by atoms with Crippen LogP contribution in [-0.4, -0.2) is 28.5 Å². The number of thiocarbonyl (C=S) groups is 1. The molecule has 2 amide bonds. The van der Waals surface area contributed by atoms with Gasteiger partial charge in [0.1, 0.15) is 5.57 Å². The Morgan fingerprint density at radius 1 is 1.13 bits per heavy atom. The number of hydrogen-bond acceptors (Lipinski definition) is 6. The van der Waals surface area contributed by atoms with Crippen molar-refractivity contribution in [1.82, 2.24) is 10.6 Å². The van der Waals surface area contributed by atoms with Gasteiger partial charge >= 0.3 is 5.69 Å². The first kappa shape index (κ1) is 21.9. The lowest BCUT2D eigenvalue weighted by molar-refractivity contribution is -0.385. The molecule has 3 rings (SSSR count). The van der Waals surface area contributed by atoms with Crippen LogP contribution < -0.4 is 15.4 Å². The Bertz CT molecular complexity index is 855. The largest absolute Gasteiger partial charge is 0.487 e. The average Bonchev–Trinajstić information content (AvgIpc) is 2.71. The van der Waals surface area contributed by atoms with Crippen molar-refractivity contribution >= 4 is 40.9 Å². The summed E-state index contributed by atoms with van der Waals surface area (Å²) in [6, 6.07) is 4.36. The van der Waals surface area contributed by atoms with Crippen molar-refractivity contribution in [2.24, 2.45) is 5.92 Å². The fraction of sp³-hybridized carbons (Fsp3) is 0.476. The lowest BCUT2D eigenvalue weighted by atomic mass is 9.86. The van der Waals surface area contributed by atoms with Gasteiger partial charge in [-0.15, -0.1) is 0 Å². The molecule has 1 saturated carbocycles. The average molecular weight is 432 g/mol. The van der Waals surface area contributed by atoms with Crippen LogP contribution in [0.3, 0.4) is 0 Å². The van der Waals surface area contributed by atoms with Gasteiger partial charge in [-0.25, -0.2) is 0 Å². The van der Waals surface area contributed by atoms with Gasteiger partial charge in [-0.1, -0.05) is 44.6 Å². The summed E-state index contributed by atoms with van der Waals surface area (Å²) in [7, 11) is 0. The van der Waals surface area contributed by atoms with Gasteiger partial charge in [0.15, 0.2) is 10.9 Å². The van der Waals surface area contributed by atoms with Gasteiger partial charge in [-0.05, 0) is 48.7 Å². The Labute approximate surface area is 180 Å². The number of nitrogens with one attached hydrogen (secondary N) is 2. The number of nitro benzene ring substituents is 1. The highest BCUT2D eigenvalue weighted by molar-refractivity contribution is 7.80. The van der Waals surface area contributed by atoms with Gasteiger partial charge in [0, 0.05) is 6.07 Å². The van der Waals surface area contributed by atoms with E-state index in [-0.39, 0.29) is 22.1 Å². The van der Waals surface area contributed by atoms with Gasteiger partial charge < -0.3 is 4.74 Å². The topological polar surface area (TPSA) is 111 Å². The number of rotatable bonds is 8. The van der Waals surface area contributed by atoms with Crippen molar-refractivity contribution in [2.75, 3.05) is 6.61 Å². The number of amides is 2. The van der Waals surface area contributed by atoms with Crippen LogP contribution in [-0.2, 0) is 9.59 Å². The second kappa shape index (κ2) is 10.3. The molecule has 1 aromatic rings. The minimum absolute atomic E-state index is 0.0691. The number of carbonyl (C=O) groups excluding carboxylic acids is 2. The molecule has 8 nitrogen and oxygen atoms in total. The highest BCUT2D eigenvalue weighted by Gasteiger charge is 2.26. The van der Waals surface area contributed by atoms with Crippen molar-refractivity contribution < 1.29 is 19.2 Å². The van der Waals surface area contributed by atoms with E-state index in [0.717, 1.165) is 18.8 Å². The Morgan fingerprint density at radius 2 is 1.83 bits per heavy atom. The number of nitrogens with zero attached hydrogens (tertiary/aromatic N) is 1. The molecule has 1 aromatic carbocycles. The molecular weight excluding hydrogens is 406 g/mol. The molecule has 1 saturated heterocycles. The molecule has 2 N–H and O–H groups in total. The number of benzene rings is 1. The lowest BCUT2D eigenvalue weighted by Crippen LogP contribution is -2.51. The number of carbonyl (C=O) groups is 2. The summed E-state index contributed by atoms with van der Waals surface area (Å²) in [6.07, 6.45) is 11.0. The summed E-state index contributed by atoms with van der Waals surface area (Å²) in [6.45, 7) is 0.413. The van der Waals surface area contributed by atoms with Gasteiger partial charge in [-0.3, -0.25) is 30.3 Å². The van der Waals surface area contributed by atoms with E-state index in [4.69, 9.17) is 17.0 Å². The summed E-state index contributed by atoms with van der Waals surface area (Å²) >= 11 is 4.75. The third kappa shape index (κ3) is 5.85. The van der Waals surface area contributed by atoms with E-state index in [1.54, 1.807) is 6.07 Å². The summed E-state index contributed by atoms with van der Waals surface area (Å²) in [4.78, 5) is 34.8. The molecule has 9 heteroatoms. The summed E-state index contributed by atoms with van der Waals surface area (Å²) in [5.41, 5.74) is -0.0301. The van der Waals surface area contributed by atoms with E-state index in [1.807, 2.05) is 0 Å². The maximum Gasteiger partial charge on any atom is 0.311 e. The summed E-state index contributed by atoms with van der Waals surface area (Å²) in [5, 5.41) is 16.0. The van der Waals surface area contributed by atoms with Crippen LogP contribution in [0.4, 0.5) is 5.69 Å². The number of unbranched alkanes of at least 4 members (excludes halogenated alkanes) is 1. The maximum absolute atomic E-state index is 11.9. The van der Waals surface area contributed by atoms with Gasteiger partial charge in [0.2, 0.25) is 0 Å². The Kier molecular flexibility index (Phi) is 7.51. The molecule has 160 valence electrons. The maximum atomic E-state index is 11.9. The second-order valence-corrected chi connectivity index (χ2v) is 8.04. The minimum Gasteiger partial charge on any atom is -0.487 e. The van der Waals surface area contributed by atoms with Crippen LogP contribution in [0.2, 0.25) is 0 Å². The number of hydrogen-bond donors (Lipinski definition) is 2. The molecule has 0 bridgehead atoms. The smallest absolute Gasteiger partial charge is 0.311 e. The Balaban J connectivity index is 1.60. The van der Waals surface area contributed by atoms with Crippen LogP contribution in [0.25, 0.3) is 6.08 Å². The standard InChI is InChI=1S/C21H25N3O5S/c25-19-16(20(26)23-21(30)22-19)12-15-9-10-18(17(13-15)24(27)28)29-11-5-4-8-14-6-2-1-3-7-14/h9-10,12-14H,1-8,11H2,(H2,22,23,25,26,30). The van der Waals surface area contributed by atoms with Gasteiger partial charge in [-0.2, -0.15) is 0 Å². The highest BCUT2D eigenvalue weighted by Crippen LogP contribution is 2.30. The summed E-state index contributed by atoms with van der Waals surface area (Å²) in [5.74, 6) is -0.308. The molecule has 0 atom stereocenters. The van der Waals surface area contributed by atoms with E-state index in [2.05, 4.69) is 10.6 Å². The van der Waals surface area contributed by atoms with Crippen molar-refractivity contribution in [2.45, 2.75) is 51.4 Å². The minimum atomic E-state index is -0.648. The molecule has 2 aliphatic rings. The van der Waals surface area contributed by atoms with Crippen LogP contribution in [0, 0.1) is 16.0 Å². The molecule has 1 aliphatic carbocycles. The predicted molar refractivity (Wildman–Crippen MR) is 116 cm³/mol. The third-order valence-corrected chi connectivity index (χ3v) is 5.63. The van der Waals surface area contributed by atoms with E-state index in [9.17, 15) is 19.7 Å². The SMILES string of the molecule is O=C1NC(=S)NC(=O)C1=Cc1ccc(OCCCCC2CCCCC2)c([N+](=O)[O-])c1. The zero-order chi connectivity index (χ0) is 21.5. The summed E-state index contributed by atoms with van der Waals surface area (Å²) < 4.78 is 5.65. The van der Waals surface area contributed by atoms with Crippen LogP contribution >= 0.6 is 12.2 Å². The first-order valence-corrected chi connectivity index (χ1v) is 10.6. The van der Waals surface area contributed by atoms with E-state index < -0.39 is 16.7 Å². The molecular formula is C21H25N3O5S. The van der Waals surface area contributed by atoms with Gasteiger partial charge in [0.25, 0.3) is 11.8 Å². The zero-order valence-corrected chi connectivity index (χ0v) is 17.5. The number of ether oxygens (including phenoxy) is 1. The lowest BCUT2D eigenvalue weighted by Gasteiger charge is -2.21. The highest BCUT2D eigenvalue weighted by atomic mass is 32.1. The molecule has 0 aromatic heterocycles. The Hall–Kier alpha value is -2.81. The van der Waals surface area contributed by atoms with E-state index in [1.165, 1.54) is 56.7 Å². The predicted octanol–water partition coefficient (Wildman–Crippen LogP) is 3.64.